The summed E-state index contributed by atoms with van der Waals surface area (Å²) in [5.74, 6) is 1.44. The van der Waals surface area contributed by atoms with E-state index in [1.807, 2.05) is 42.3 Å². The number of ether oxygens (including phenoxy) is 1. The Balaban J connectivity index is 1.58. The minimum atomic E-state index is 0.0856. The molecule has 0 radical (unpaired) electrons. The standard InChI is InChI=1S/C21H27N3O2/c1-16-4-5-19(14-20(16)26-12-8-22)21(25)24-10-6-17(7-11-24)13-18-3-2-9-23-15-18/h2-5,9,14-15,17H,6-8,10-13,22H2,1H3. The van der Waals surface area contributed by atoms with Gasteiger partial charge in [0.1, 0.15) is 12.4 Å². The first-order valence-electron chi connectivity index (χ1n) is 9.29. The van der Waals surface area contributed by atoms with Gasteiger partial charge in [-0.3, -0.25) is 9.78 Å². The molecule has 2 aromatic rings. The van der Waals surface area contributed by atoms with Crippen molar-refractivity contribution < 1.29 is 9.53 Å². The second kappa shape index (κ2) is 8.81. The van der Waals surface area contributed by atoms with E-state index in [0.717, 1.165) is 43.7 Å². The molecule has 1 amide bonds. The zero-order valence-electron chi connectivity index (χ0n) is 15.4. The summed E-state index contributed by atoms with van der Waals surface area (Å²) in [6, 6.07) is 9.77. The quantitative estimate of drug-likeness (QED) is 0.867. The van der Waals surface area contributed by atoms with Gasteiger partial charge in [-0.2, -0.15) is 0 Å². The summed E-state index contributed by atoms with van der Waals surface area (Å²) in [5, 5.41) is 0. The van der Waals surface area contributed by atoms with Gasteiger partial charge in [0, 0.05) is 37.6 Å². The fraction of sp³-hybridized carbons (Fsp3) is 0.429. The van der Waals surface area contributed by atoms with Crippen LogP contribution in [0.3, 0.4) is 0 Å². The van der Waals surface area contributed by atoms with E-state index in [4.69, 9.17) is 10.5 Å². The highest BCUT2D eigenvalue weighted by Crippen LogP contribution is 2.25. The summed E-state index contributed by atoms with van der Waals surface area (Å²) in [4.78, 5) is 19.0. The Labute approximate surface area is 155 Å². The van der Waals surface area contributed by atoms with Crippen molar-refractivity contribution in [2.24, 2.45) is 11.7 Å². The molecule has 0 atom stereocenters. The Morgan fingerprint density at radius 3 is 2.81 bits per heavy atom. The van der Waals surface area contributed by atoms with Crippen molar-refractivity contribution in [3.8, 4) is 5.75 Å². The highest BCUT2D eigenvalue weighted by atomic mass is 16.5. The molecule has 1 aliphatic heterocycles. The molecule has 1 aromatic carbocycles. The Morgan fingerprint density at radius 2 is 2.12 bits per heavy atom. The van der Waals surface area contributed by atoms with Crippen LogP contribution < -0.4 is 10.5 Å². The lowest BCUT2D eigenvalue weighted by molar-refractivity contribution is 0.0690. The first-order chi connectivity index (χ1) is 12.7. The smallest absolute Gasteiger partial charge is 0.253 e. The molecule has 1 saturated heterocycles. The third kappa shape index (κ3) is 4.61. The molecule has 1 fully saturated rings. The molecule has 2 heterocycles. The van der Waals surface area contributed by atoms with E-state index in [-0.39, 0.29) is 5.91 Å². The Hall–Kier alpha value is -2.40. The van der Waals surface area contributed by atoms with Crippen molar-refractivity contribution in [3.63, 3.8) is 0 Å². The van der Waals surface area contributed by atoms with E-state index in [0.29, 0.717) is 24.6 Å². The number of amides is 1. The first kappa shape index (κ1) is 18.4. The zero-order valence-corrected chi connectivity index (χ0v) is 15.4. The molecule has 1 aliphatic rings. The van der Waals surface area contributed by atoms with Gasteiger partial charge < -0.3 is 15.4 Å². The number of pyridine rings is 1. The van der Waals surface area contributed by atoms with Crippen LogP contribution in [0.4, 0.5) is 0 Å². The Morgan fingerprint density at radius 1 is 1.31 bits per heavy atom. The average Bonchev–Trinajstić information content (AvgIpc) is 2.68. The molecule has 0 unspecified atom stereocenters. The molecule has 5 nitrogen and oxygen atoms in total. The third-order valence-corrected chi connectivity index (χ3v) is 4.96. The molecule has 0 saturated carbocycles. The van der Waals surface area contributed by atoms with Gasteiger partial charge in [0.05, 0.1) is 0 Å². The summed E-state index contributed by atoms with van der Waals surface area (Å²) in [6.45, 7) is 4.50. The average molecular weight is 353 g/mol. The van der Waals surface area contributed by atoms with Gasteiger partial charge in [-0.1, -0.05) is 12.1 Å². The van der Waals surface area contributed by atoms with Crippen LogP contribution in [0.5, 0.6) is 5.75 Å². The highest BCUT2D eigenvalue weighted by Gasteiger charge is 2.24. The van der Waals surface area contributed by atoms with Crippen molar-refractivity contribution >= 4 is 5.91 Å². The summed E-state index contributed by atoms with van der Waals surface area (Å²) in [5.41, 5.74) is 8.49. The van der Waals surface area contributed by atoms with E-state index in [1.54, 1.807) is 6.20 Å². The van der Waals surface area contributed by atoms with Gasteiger partial charge in [0.15, 0.2) is 0 Å². The molecule has 5 heteroatoms. The number of carbonyl (C=O) groups excluding carboxylic acids is 1. The SMILES string of the molecule is Cc1ccc(C(=O)N2CCC(Cc3cccnc3)CC2)cc1OCCN. The third-order valence-electron chi connectivity index (χ3n) is 4.96. The van der Waals surface area contributed by atoms with Crippen molar-refractivity contribution in [2.45, 2.75) is 26.2 Å². The van der Waals surface area contributed by atoms with Crippen LogP contribution in [0, 0.1) is 12.8 Å². The predicted octanol–water partition coefficient (Wildman–Crippen LogP) is 2.82. The molecule has 2 N–H and O–H groups in total. The zero-order chi connectivity index (χ0) is 18.4. The number of carbonyl (C=O) groups is 1. The van der Waals surface area contributed by atoms with Crippen molar-refractivity contribution in [1.29, 1.82) is 0 Å². The van der Waals surface area contributed by atoms with Gasteiger partial charge in [-0.15, -0.1) is 0 Å². The minimum absolute atomic E-state index is 0.0856. The number of nitrogens with two attached hydrogens (primary N) is 1. The first-order valence-corrected chi connectivity index (χ1v) is 9.29. The second-order valence-electron chi connectivity index (χ2n) is 6.92. The number of hydrogen-bond acceptors (Lipinski definition) is 4. The van der Waals surface area contributed by atoms with Crippen LogP contribution in [0.2, 0.25) is 0 Å². The van der Waals surface area contributed by atoms with Crippen LogP contribution in [0.15, 0.2) is 42.7 Å². The summed E-state index contributed by atoms with van der Waals surface area (Å²) >= 11 is 0. The number of rotatable bonds is 6. The number of benzene rings is 1. The highest BCUT2D eigenvalue weighted by molar-refractivity contribution is 5.94. The lowest BCUT2D eigenvalue weighted by Crippen LogP contribution is -2.38. The van der Waals surface area contributed by atoms with Crippen molar-refractivity contribution in [3.05, 3.63) is 59.4 Å². The van der Waals surface area contributed by atoms with Gasteiger partial charge in [-0.25, -0.2) is 0 Å². The number of likely N-dealkylation sites (tertiary alicyclic amines) is 1. The lowest BCUT2D eigenvalue weighted by Gasteiger charge is -2.32. The maximum absolute atomic E-state index is 12.8. The Bertz CT molecular complexity index is 725. The van der Waals surface area contributed by atoms with Gasteiger partial charge in [-0.05, 0) is 61.4 Å². The summed E-state index contributed by atoms with van der Waals surface area (Å²) in [6.07, 6.45) is 6.84. The minimum Gasteiger partial charge on any atom is -0.492 e. The largest absolute Gasteiger partial charge is 0.492 e. The number of piperidine rings is 1. The fourth-order valence-corrected chi connectivity index (χ4v) is 3.43. The molecule has 26 heavy (non-hydrogen) atoms. The number of nitrogens with zero attached hydrogens (tertiary/aromatic N) is 2. The normalized spacial score (nSPS) is 15.1. The van der Waals surface area contributed by atoms with Crippen molar-refractivity contribution in [1.82, 2.24) is 9.88 Å². The maximum atomic E-state index is 12.8. The molecule has 0 aliphatic carbocycles. The van der Waals surface area contributed by atoms with Crippen LogP contribution in [-0.2, 0) is 6.42 Å². The molecule has 3 rings (SSSR count). The fourth-order valence-electron chi connectivity index (χ4n) is 3.43. The van der Waals surface area contributed by atoms with Crippen LogP contribution >= 0.6 is 0 Å². The summed E-state index contributed by atoms with van der Waals surface area (Å²) < 4.78 is 5.65. The van der Waals surface area contributed by atoms with E-state index in [9.17, 15) is 4.79 Å². The monoisotopic (exact) mass is 353 g/mol. The molecule has 138 valence electrons. The topological polar surface area (TPSA) is 68.5 Å². The molecule has 1 aromatic heterocycles. The number of hydrogen-bond donors (Lipinski definition) is 1. The number of aromatic nitrogens is 1. The van der Waals surface area contributed by atoms with E-state index in [1.165, 1.54) is 5.56 Å². The van der Waals surface area contributed by atoms with E-state index >= 15 is 0 Å². The van der Waals surface area contributed by atoms with Gasteiger partial charge in [0.2, 0.25) is 0 Å². The molecule has 0 spiro atoms. The lowest BCUT2D eigenvalue weighted by atomic mass is 9.90. The summed E-state index contributed by atoms with van der Waals surface area (Å²) in [7, 11) is 0. The number of aryl methyl sites for hydroxylation is 1. The molecular weight excluding hydrogens is 326 g/mol. The van der Waals surface area contributed by atoms with Gasteiger partial charge in [0.25, 0.3) is 5.91 Å². The second-order valence-corrected chi connectivity index (χ2v) is 6.92. The van der Waals surface area contributed by atoms with Crippen molar-refractivity contribution in [2.75, 3.05) is 26.2 Å². The maximum Gasteiger partial charge on any atom is 0.253 e. The predicted molar refractivity (Wildman–Crippen MR) is 102 cm³/mol. The van der Waals surface area contributed by atoms with E-state index < -0.39 is 0 Å². The van der Waals surface area contributed by atoms with E-state index in [2.05, 4.69) is 11.1 Å². The van der Waals surface area contributed by atoms with Crippen LogP contribution in [-0.4, -0.2) is 42.0 Å². The van der Waals surface area contributed by atoms with Crippen LogP contribution in [0.25, 0.3) is 0 Å². The molecule has 0 bridgehead atoms. The molecular formula is C21H27N3O2. The van der Waals surface area contributed by atoms with Gasteiger partial charge >= 0.3 is 0 Å². The Kier molecular flexibility index (Phi) is 6.23. The van der Waals surface area contributed by atoms with Crippen LogP contribution in [0.1, 0.15) is 34.3 Å².